The fraction of sp³-hybridized carbons (Fsp3) is 0.0149. The fourth-order valence-electron chi connectivity index (χ4n) is 11.0. The number of fused-ring (bicyclic) bond motifs is 6. The monoisotopic (exact) mass is 895 g/mol. The number of rotatable bonds is 9. The Labute approximate surface area is 407 Å². The van der Waals surface area contributed by atoms with E-state index in [1.54, 1.807) is 0 Å². The van der Waals surface area contributed by atoms with Crippen LogP contribution in [0.2, 0.25) is 0 Å². The van der Waals surface area contributed by atoms with Crippen LogP contribution < -0.4 is 4.90 Å². The molecule has 0 unspecified atom stereocenters. The van der Waals surface area contributed by atoms with Crippen LogP contribution in [0.15, 0.2) is 273 Å². The topological polar surface area (TPSA) is 3.24 Å². The molecule has 69 heavy (non-hydrogen) atoms. The van der Waals surface area contributed by atoms with Gasteiger partial charge >= 0.3 is 0 Å². The molecule has 0 bridgehead atoms. The minimum atomic E-state index is -0.611. The SMILES string of the molecule is c1ccc(-c2ccc(-c3ccc(N(c4ccc(-c5ccccc5)cc4)c4c5c(cc6sc7ccccc7c46)C(c4ccccc4)(c4ccccc4)c4ccc(-c6ccccc6)cc4-5)cc3)cc2)cc1. The van der Waals surface area contributed by atoms with Gasteiger partial charge in [0.1, 0.15) is 0 Å². The first-order chi connectivity index (χ1) is 34.2. The summed E-state index contributed by atoms with van der Waals surface area (Å²) in [6.07, 6.45) is 0. The molecular weight excluding hydrogens is 851 g/mol. The minimum Gasteiger partial charge on any atom is -0.309 e. The second kappa shape index (κ2) is 16.9. The highest BCUT2D eigenvalue weighted by atomic mass is 32.1. The Morgan fingerprint density at radius 2 is 0.696 bits per heavy atom. The average Bonchev–Trinajstić information content (AvgIpc) is 3.96. The maximum Gasteiger partial charge on any atom is 0.0714 e. The number of nitrogens with zero attached hydrogens (tertiary/aromatic N) is 1. The van der Waals surface area contributed by atoms with Crippen molar-refractivity contribution >= 4 is 48.6 Å². The maximum atomic E-state index is 2.56. The van der Waals surface area contributed by atoms with Crippen molar-refractivity contribution in [2.24, 2.45) is 0 Å². The van der Waals surface area contributed by atoms with Gasteiger partial charge in [0.2, 0.25) is 0 Å². The van der Waals surface area contributed by atoms with Crippen LogP contribution in [0, 0.1) is 0 Å². The summed E-state index contributed by atoms with van der Waals surface area (Å²) in [4.78, 5) is 2.56. The summed E-state index contributed by atoms with van der Waals surface area (Å²) < 4.78 is 2.53. The molecule has 0 aliphatic heterocycles. The molecule has 13 rings (SSSR count). The molecule has 0 saturated carbocycles. The van der Waals surface area contributed by atoms with Crippen LogP contribution >= 0.6 is 11.3 Å². The zero-order valence-corrected chi connectivity index (χ0v) is 38.7. The molecule has 0 atom stereocenters. The van der Waals surface area contributed by atoms with Gasteiger partial charge in [-0.05, 0) is 115 Å². The van der Waals surface area contributed by atoms with Gasteiger partial charge in [0.05, 0.1) is 11.1 Å². The van der Waals surface area contributed by atoms with Gasteiger partial charge in [-0.1, -0.05) is 231 Å². The van der Waals surface area contributed by atoms with Crippen LogP contribution in [0.4, 0.5) is 17.1 Å². The third kappa shape index (κ3) is 6.83. The van der Waals surface area contributed by atoms with Gasteiger partial charge in [-0.2, -0.15) is 0 Å². The Bertz CT molecular complexity index is 3730. The Morgan fingerprint density at radius 1 is 0.304 bits per heavy atom. The van der Waals surface area contributed by atoms with E-state index in [1.165, 1.54) is 104 Å². The van der Waals surface area contributed by atoms with Crippen molar-refractivity contribution in [1.29, 1.82) is 0 Å². The largest absolute Gasteiger partial charge is 0.309 e. The zero-order valence-electron chi connectivity index (χ0n) is 37.8. The van der Waals surface area contributed by atoms with Crippen molar-refractivity contribution in [3.05, 3.63) is 295 Å². The molecule has 1 aliphatic carbocycles. The van der Waals surface area contributed by atoms with Crippen LogP contribution in [-0.2, 0) is 5.41 Å². The van der Waals surface area contributed by atoms with Gasteiger partial charge in [0, 0.05) is 37.1 Å². The Hall–Kier alpha value is -8.56. The molecule has 0 saturated heterocycles. The maximum absolute atomic E-state index is 2.56. The Morgan fingerprint density at radius 3 is 1.19 bits per heavy atom. The lowest BCUT2D eigenvalue weighted by Crippen LogP contribution is -2.28. The van der Waals surface area contributed by atoms with E-state index >= 15 is 0 Å². The standard InChI is InChI=1S/C67H45NS/c1-6-18-46(19-7-1)49-30-32-50(33-31-49)52-36-41-57(42-37-52)68(56-39-34-51(35-40-56)47-20-8-2-9-21-47)66-64-59-44-53(48-22-10-3-11-23-48)38-43-60(59)67(54-24-12-4-13-25-54,55-26-14-5-15-27-55)61(64)45-63-65(66)58-28-16-17-29-62(58)69-63/h1-45H. The number of anilines is 3. The molecule has 324 valence electrons. The third-order valence-electron chi connectivity index (χ3n) is 14.2. The highest BCUT2D eigenvalue weighted by Gasteiger charge is 2.48. The molecule has 1 aliphatic rings. The smallest absolute Gasteiger partial charge is 0.0714 e. The van der Waals surface area contributed by atoms with E-state index < -0.39 is 5.41 Å². The van der Waals surface area contributed by atoms with Crippen molar-refractivity contribution < 1.29 is 0 Å². The van der Waals surface area contributed by atoms with Crippen LogP contribution in [0.25, 0.3) is 75.8 Å². The van der Waals surface area contributed by atoms with E-state index in [-0.39, 0.29) is 0 Å². The summed E-state index contributed by atoms with van der Waals surface area (Å²) in [5, 5.41) is 2.52. The molecule has 11 aromatic carbocycles. The molecule has 12 aromatic rings. The van der Waals surface area contributed by atoms with E-state index in [0.717, 1.165) is 11.4 Å². The van der Waals surface area contributed by atoms with E-state index in [0.29, 0.717) is 0 Å². The molecular formula is C67H45NS. The molecule has 1 heterocycles. The second-order valence-corrected chi connectivity index (χ2v) is 19.0. The van der Waals surface area contributed by atoms with Gasteiger partial charge < -0.3 is 4.90 Å². The fourth-order valence-corrected chi connectivity index (χ4v) is 12.1. The van der Waals surface area contributed by atoms with Crippen molar-refractivity contribution in [2.75, 3.05) is 4.90 Å². The van der Waals surface area contributed by atoms with Gasteiger partial charge in [-0.15, -0.1) is 11.3 Å². The summed E-state index contributed by atoms with van der Waals surface area (Å²) in [7, 11) is 0. The van der Waals surface area contributed by atoms with Crippen molar-refractivity contribution in [3.8, 4) is 55.6 Å². The normalized spacial score (nSPS) is 12.5. The first kappa shape index (κ1) is 40.7. The number of hydrogen-bond donors (Lipinski definition) is 0. The lowest BCUT2D eigenvalue weighted by Gasteiger charge is -2.35. The van der Waals surface area contributed by atoms with Crippen LogP contribution in [-0.4, -0.2) is 0 Å². The van der Waals surface area contributed by atoms with E-state index in [4.69, 9.17) is 0 Å². The highest BCUT2D eigenvalue weighted by molar-refractivity contribution is 7.26. The summed E-state index contributed by atoms with van der Waals surface area (Å²) in [6.45, 7) is 0. The van der Waals surface area contributed by atoms with Crippen molar-refractivity contribution in [2.45, 2.75) is 5.41 Å². The highest BCUT2D eigenvalue weighted by Crippen LogP contribution is 2.63. The van der Waals surface area contributed by atoms with Crippen molar-refractivity contribution in [1.82, 2.24) is 0 Å². The number of thiophene rings is 1. The summed E-state index contributed by atoms with van der Waals surface area (Å²) in [6, 6.07) is 101. The average molecular weight is 896 g/mol. The van der Waals surface area contributed by atoms with Crippen LogP contribution in [0.5, 0.6) is 0 Å². The Balaban J connectivity index is 1.12. The number of hydrogen-bond acceptors (Lipinski definition) is 2. The minimum absolute atomic E-state index is 0.611. The molecule has 0 amide bonds. The lowest BCUT2D eigenvalue weighted by molar-refractivity contribution is 0.770. The molecule has 0 spiro atoms. The molecule has 0 N–H and O–H groups in total. The number of benzene rings is 11. The van der Waals surface area contributed by atoms with Gasteiger partial charge in [0.25, 0.3) is 0 Å². The summed E-state index contributed by atoms with van der Waals surface area (Å²) in [5.74, 6) is 0. The first-order valence-corrected chi connectivity index (χ1v) is 24.6. The second-order valence-electron chi connectivity index (χ2n) is 18.0. The lowest BCUT2D eigenvalue weighted by atomic mass is 9.67. The summed E-state index contributed by atoms with van der Waals surface area (Å²) >= 11 is 1.89. The van der Waals surface area contributed by atoms with Gasteiger partial charge in [-0.3, -0.25) is 0 Å². The molecule has 1 nitrogen and oxygen atoms in total. The third-order valence-corrected chi connectivity index (χ3v) is 15.3. The van der Waals surface area contributed by atoms with E-state index in [9.17, 15) is 0 Å². The van der Waals surface area contributed by atoms with E-state index in [2.05, 4.69) is 278 Å². The van der Waals surface area contributed by atoms with Gasteiger partial charge in [-0.25, -0.2) is 0 Å². The Kier molecular flexibility index (Phi) is 10.00. The molecule has 0 fully saturated rings. The van der Waals surface area contributed by atoms with E-state index in [1.807, 2.05) is 11.3 Å². The predicted molar refractivity (Wildman–Crippen MR) is 293 cm³/mol. The quantitative estimate of drug-likeness (QED) is 0.140. The van der Waals surface area contributed by atoms with Crippen LogP contribution in [0.3, 0.4) is 0 Å². The van der Waals surface area contributed by atoms with Crippen molar-refractivity contribution in [3.63, 3.8) is 0 Å². The molecule has 2 heteroatoms. The first-order valence-electron chi connectivity index (χ1n) is 23.7. The van der Waals surface area contributed by atoms with Crippen LogP contribution in [0.1, 0.15) is 22.3 Å². The predicted octanol–water partition coefficient (Wildman–Crippen LogP) is 18.6. The zero-order chi connectivity index (χ0) is 45.7. The molecule has 1 aromatic heterocycles. The molecule has 0 radical (unpaired) electrons. The van der Waals surface area contributed by atoms with Gasteiger partial charge in [0.15, 0.2) is 0 Å². The summed E-state index contributed by atoms with van der Waals surface area (Å²) in [5.41, 5.74) is 19.9.